The van der Waals surface area contributed by atoms with Crippen molar-refractivity contribution in [2.75, 3.05) is 5.32 Å². The zero-order valence-electron chi connectivity index (χ0n) is 10.8. The lowest BCUT2D eigenvalue weighted by molar-refractivity contribution is 0.627. The van der Waals surface area contributed by atoms with Gasteiger partial charge in [0.05, 0.1) is 5.69 Å². The van der Waals surface area contributed by atoms with Crippen molar-refractivity contribution in [2.24, 2.45) is 0 Å². The summed E-state index contributed by atoms with van der Waals surface area (Å²) in [4.78, 5) is 22.9. The smallest absolute Gasteiger partial charge is 0.249 e. The van der Waals surface area contributed by atoms with Crippen LogP contribution in [-0.2, 0) is 13.0 Å². The van der Waals surface area contributed by atoms with Crippen molar-refractivity contribution in [3.63, 3.8) is 0 Å². The van der Waals surface area contributed by atoms with Gasteiger partial charge in [-0.3, -0.25) is 9.59 Å². The van der Waals surface area contributed by atoms with E-state index >= 15 is 0 Å². The highest BCUT2D eigenvalue weighted by Gasteiger charge is 2.19. The van der Waals surface area contributed by atoms with Gasteiger partial charge in [0.2, 0.25) is 10.9 Å². The average Bonchev–Trinajstić information content (AvgIpc) is 2.43. The number of anilines is 1. The van der Waals surface area contributed by atoms with E-state index in [9.17, 15) is 14.0 Å². The van der Waals surface area contributed by atoms with E-state index in [4.69, 9.17) is 0 Å². The monoisotopic (exact) mass is 261 g/mol. The van der Waals surface area contributed by atoms with E-state index in [1.807, 2.05) is 6.92 Å². The first kappa shape index (κ1) is 13.5. The molecule has 19 heavy (non-hydrogen) atoms. The zero-order chi connectivity index (χ0) is 13.8. The molecule has 0 atom stereocenters. The normalized spacial score (nSPS) is 10.8. The fourth-order valence-electron chi connectivity index (χ4n) is 2.01. The maximum absolute atomic E-state index is 12.7. The molecule has 100 valence electrons. The summed E-state index contributed by atoms with van der Waals surface area (Å²) in [7, 11) is 0. The Balaban J connectivity index is 2.03. The maximum atomic E-state index is 12.7. The molecule has 2 aromatic rings. The van der Waals surface area contributed by atoms with Crippen LogP contribution in [0.1, 0.15) is 30.9 Å². The minimum absolute atomic E-state index is 0.290. The maximum Gasteiger partial charge on any atom is 0.249 e. The quantitative estimate of drug-likeness (QED) is 0.812. The van der Waals surface area contributed by atoms with E-state index < -0.39 is 5.43 Å². The third kappa shape index (κ3) is 2.89. The molecule has 2 aromatic carbocycles. The molecule has 0 fully saturated rings. The second-order valence-corrected chi connectivity index (χ2v) is 4.60. The van der Waals surface area contributed by atoms with Crippen LogP contribution >= 0.6 is 0 Å². The standard InChI is InChI=1S/C15H16FNO2/c1-2-3-4-12-13(15(19)14(12)18)17-9-10-5-7-11(16)8-6-10/h5-8,17H,2-4,9H2,1H3. The van der Waals surface area contributed by atoms with E-state index in [2.05, 4.69) is 5.32 Å². The third-order valence-corrected chi connectivity index (χ3v) is 3.17. The number of rotatable bonds is 6. The Bertz CT molecular complexity index is 624. The minimum atomic E-state index is -0.437. The van der Waals surface area contributed by atoms with Crippen LogP contribution < -0.4 is 16.2 Å². The van der Waals surface area contributed by atoms with Gasteiger partial charge in [-0.15, -0.1) is 0 Å². The second kappa shape index (κ2) is 5.78. The molecule has 0 saturated carbocycles. The number of halogens is 1. The molecule has 0 amide bonds. The van der Waals surface area contributed by atoms with Gasteiger partial charge in [-0.05, 0) is 30.5 Å². The van der Waals surface area contributed by atoms with Crippen LogP contribution in [0.25, 0.3) is 0 Å². The Kier molecular flexibility index (Phi) is 4.10. The molecule has 2 rings (SSSR count). The Morgan fingerprint density at radius 1 is 1.11 bits per heavy atom. The van der Waals surface area contributed by atoms with E-state index in [1.54, 1.807) is 12.1 Å². The number of nitrogens with one attached hydrogen (secondary N) is 1. The second-order valence-electron chi connectivity index (χ2n) is 4.60. The van der Waals surface area contributed by atoms with Crippen molar-refractivity contribution in [1.29, 1.82) is 0 Å². The summed E-state index contributed by atoms with van der Waals surface area (Å²) >= 11 is 0. The predicted octanol–water partition coefficient (Wildman–Crippen LogP) is 2.38. The van der Waals surface area contributed by atoms with Gasteiger partial charge in [-0.2, -0.15) is 0 Å². The highest BCUT2D eigenvalue weighted by molar-refractivity contribution is 5.56. The molecule has 3 nitrogen and oxygen atoms in total. The Labute approximate surface area is 110 Å². The minimum Gasteiger partial charge on any atom is -0.377 e. The molecule has 0 saturated heterocycles. The summed E-state index contributed by atoms with van der Waals surface area (Å²) in [5.41, 5.74) is 1.11. The molecule has 0 radical (unpaired) electrons. The molecule has 0 aliphatic heterocycles. The van der Waals surface area contributed by atoms with Crippen molar-refractivity contribution in [1.82, 2.24) is 0 Å². The summed E-state index contributed by atoms with van der Waals surface area (Å²) < 4.78 is 12.7. The Morgan fingerprint density at radius 2 is 1.79 bits per heavy atom. The molecule has 4 heteroatoms. The molecule has 0 bridgehead atoms. The van der Waals surface area contributed by atoms with Crippen molar-refractivity contribution >= 4 is 5.69 Å². The molecule has 1 N–H and O–H groups in total. The van der Waals surface area contributed by atoms with Crippen molar-refractivity contribution in [3.05, 3.63) is 61.7 Å². The number of hydrogen-bond donors (Lipinski definition) is 1. The van der Waals surface area contributed by atoms with E-state index in [-0.39, 0.29) is 11.2 Å². The van der Waals surface area contributed by atoms with E-state index in [0.29, 0.717) is 24.2 Å². The average molecular weight is 261 g/mol. The van der Waals surface area contributed by atoms with Gasteiger partial charge in [-0.25, -0.2) is 4.39 Å². The van der Waals surface area contributed by atoms with Gasteiger partial charge >= 0.3 is 0 Å². The molecular weight excluding hydrogens is 245 g/mol. The molecule has 0 aromatic heterocycles. The predicted molar refractivity (Wildman–Crippen MR) is 73.7 cm³/mol. The lowest BCUT2D eigenvalue weighted by atomic mass is 10.0. The highest BCUT2D eigenvalue weighted by atomic mass is 19.1. The van der Waals surface area contributed by atoms with Gasteiger partial charge in [-0.1, -0.05) is 25.5 Å². The van der Waals surface area contributed by atoms with E-state index in [1.165, 1.54) is 12.1 Å². The van der Waals surface area contributed by atoms with Crippen molar-refractivity contribution < 1.29 is 4.39 Å². The van der Waals surface area contributed by atoms with Crippen LogP contribution in [-0.4, -0.2) is 0 Å². The van der Waals surface area contributed by atoms with E-state index in [0.717, 1.165) is 18.4 Å². The van der Waals surface area contributed by atoms with Gasteiger partial charge in [0.1, 0.15) is 5.82 Å². The largest absolute Gasteiger partial charge is 0.377 e. The van der Waals surface area contributed by atoms with Crippen LogP contribution in [0, 0.1) is 5.82 Å². The van der Waals surface area contributed by atoms with Crippen LogP contribution in [0.2, 0.25) is 0 Å². The zero-order valence-corrected chi connectivity index (χ0v) is 10.8. The van der Waals surface area contributed by atoms with Crippen LogP contribution in [0.3, 0.4) is 0 Å². The molecule has 0 heterocycles. The molecule has 0 unspecified atom stereocenters. The van der Waals surface area contributed by atoms with Gasteiger partial charge in [0.15, 0.2) is 0 Å². The fraction of sp³-hybridized carbons (Fsp3) is 0.333. The molecular formula is C15H16FNO2. The third-order valence-electron chi connectivity index (χ3n) is 3.17. The Morgan fingerprint density at radius 3 is 2.42 bits per heavy atom. The first-order valence-corrected chi connectivity index (χ1v) is 6.44. The van der Waals surface area contributed by atoms with Gasteiger partial charge < -0.3 is 5.32 Å². The summed E-state index contributed by atoms with van der Waals surface area (Å²) in [6.07, 6.45) is 2.53. The SMILES string of the molecule is CCCCc1c(NCc2ccc(F)cc2)c(=O)c1=O. The van der Waals surface area contributed by atoms with Gasteiger partial charge in [0, 0.05) is 12.1 Å². The highest BCUT2D eigenvalue weighted by Crippen LogP contribution is 2.13. The van der Waals surface area contributed by atoms with Crippen molar-refractivity contribution in [3.8, 4) is 0 Å². The summed E-state index contributed by atoms with van der Waals surface area (Å²) in [5.74, 6) is -0.290. The molecule has 0 aliphatic rings. The van der Waals surface area contributed by atoms with Crippen LogP contribution in [0.5, 0.6) is 0 Å². The van der Waals surface area contributed by atoms with Crippen molar-refractivity contribution in [2.45, 2.75) is 32.7 Å². The topological polar surface area (TPSA) is 46.2 Å². The number of benzene rings is 1. The summed E-state index contributed by atoms with van der Waals surface area (Å²) in [5, 5.41) is 2.98. The first-order valence-electron chi connectivity index (χ1n) is 6.44. The summed E-state index contributed by atoms with van der Waals surface area (Å²) in [6, 6.07) is 6.05. The van der Waals surface area contributed by atoms with Gasteiger partial charge in [0.25, 0.3) is 0 Å². The molecule has 0 spiro atoms. The Hall–Kier alpha value is -1.97. The number of hydrogen-bond acceptors (Lipinski definition) is 3. The van der Waals surface area contributed by atoms with Crippen LogP contribution in [0.15, 0.2) is 33.9 Å². The fourth-order valence-corrected chi connectivity index (χ4v) is 2.01. The summed E-state index contributed by atoms with van der Waals surface area (Å²) in [6.45, 7) is 2.46. The number of unbranched alkanes of at least 4 members (excludes halogenated alkanes) is 1. The first-order chi connectivity index (χ1) is 9.13. The molecule has 0 aliphatic carbocycles. The lowest BCUT2D eigenvalue weighted by Crippen LogP contribution is -2.38. The van der Waals surface area contributed by atoms with Crippen LogP contribution in [0.4, 0.5) is 10.1 Å². The lowest BCUT2D eigenvalue weighted by Gasteiger charge is -2.13.